The van der Waals surface area contributed by atoms with Crippen molar-refractivity contribution in [2.24, 2.45) is 0 Å². The summed E-state index contributed by atoms with van der Waals surface area (Å²) in [6.07, 6.45) is -0.912. The van der Waals surface area contributed by atoms with Gasteiger partial charge in [0, 0.05) is 0 Å². The van der Waals surface area contributed by atoms with Crippen LogP contribution in [0.2, 0.25) is 0 Å². The van der Waals surface area contributed by atoms with Crippen molar-refractivity contribution in [1.29, 1.82) is 0 Å². The van der Waals surface area contributed by atoms with Gasteiger partial charge in [0.15, 0.2) is 8.67 Å². The van der Waals surface area contributed by atoms with Gasteiger partial charge in [0.2, 0.25) is 8.13 Å². The van der Waals surface area contributed by atoms with Crippen LogP contribution in [-0.2, 0) is 4.33 Å². The van der Waals surface area contributed by atoms with E-state index in [2.05, 4.69) is 0 Å². The summed E-state index contributed by atoms with van der Waals surface area (Å²) in [5.41, 5.74) is 0.546. The third kappa shape index (κ3) is 3.80. The second-order valence-corrected chi connectivity index (χ2v) is 10.7. The monoisotopic (exact) mass is 484 g/mol. The van der Waals surface area contributed by atoms with Crippen LogP contribution in [0.25, 0.3) is 0 Å². The van der Waals surface area contributed by atoms with Crippen LogP contribution in [0, 0.1) is 0 Å². The zero-order valence-corrected chi connectivity index (χ0v) is 17.5. The van der Waals surface area contributed by atoms with Crippen molar-refractivity contribution in [1.82, 2.24) is 0 Å². The predicted octanol–water partition coefficient (Wildman–Crippen LogP) is 7.09. The SMILES string of the molecule is CC(O)c1ccccc1C(Cl)(Cl)C(Cl)(Cl)C(Cl)(Cl)C(Cl)(Cl)Cl. The number of alkyl halides is 9. The lowest BCUT2D eigenvalue weighted by Crippen LogP contribution is -2.55. The van der Waals surface area contributed by atoms with E-state index in [1.54, 1.807) is 18.2 Å². The quantitative estimate of drug-likeness (QED) is 0.449. The molecule has 0 saturated carbocycles. The van der Waals surface area contributed by atoms with Gasteiger partial charge < -0.3 is 5.11 Å². The van der Waals surface area contributed by atoms with Gasteiger partial charge in [-0.2, -0.15) is 0 Å². The van der Waals surface area contributed by atoms with Gasteiger partial charge in [-0.25, -0.2) is 0 Å². The fourth-order valence-electron chi connectivity index (χ4n) is 1.69. The molecule has 0 aliphatic rings. The van der Waals surface area contributed by atoms with E-state index in [0.717, 1.165) is 0 Å². The predicted molar refractivity (Wildman–Crippen MR) is 99.6 cm³/mol. The molecule has 1 N–H and O–H groups in total. The standard InChI is InChI=1S/C12H9Cl9O/c1-6(22)7-4-2-3-5-8(7)9(13,14)10(15,16)11(17,18)12(19,20)21/h2-6,22H,1H3. The van der Waals surface area contributed by atoms with E-state index in [1.807, 2.05) is 0 Å². The summed E-state index contributed by atoms with van der Waals surface area (Å²) in [6.45, 7) is 1.51. The van der Waals surface area contributed by atoms with Crippen molar-refractivity contribution in [2.45, 2.75) is 29.8 Å². The van der Waals surface area contributed by atoms with Gasteiger partial charge in [0.1, 0.15) is 0 Å². The molecule has 1 nitrogen and oxygen atoms in total. The minimum absolute atomic E-state index is 0.179. The minimum atomic E-state index is -2.37. The third-order valence-electron chi connectivity index (χ3n) is 2.89. The summed E-state index contributed by atoms with van der Waals surface area (Å²) in [4.78, 5) is 0. The van der Waals surface area contributed by atoms with Crippen molar-refractivity contribution in [3.05, 3.63) is 35.4 Å². The first kappa shape index (κ1) is 21.8. The van der Waals surface area contributed by atoms with E-state index in [9.17, 15) is 5.11 Å². The van der Waals surface area contributed by atoms with Crippen molar-refractivity contribution >= 4 is 104 Å². The Morgan fingerprint density at radius 1 is 0.818 bits per heavy atom. The molecule has 1 aromatic rings. The molecule has 1 unspecified atom stereocenters. The van der Waals surface area contributed by atoms with Gasteiger partial charge in [-0.3, -0.25) is 0 Å². The molecule has 0 fully saturated rings. The number of aliphatic hydroxyl groups is 1. The second-order valence-electron chi connectivity index (χ2n) is 4.48. The highest BCUT2D eigenvalue weighted by Gasteiger charge is 2.68. The maximum absolute atomic E-state index is 9.85. The van der Waals surface area contributed by atoms with Gasteiger partial charge in [0.25, 0.3) is 0 Å². The highest BCUT2D eigenvalue weighted by molar-refractivity contribution is 6.80. The maximum atomic E-state index is 9.85. The van der Waals surface area contributed by atoms with Gasteiger partial charge in [-0.1, -0.05) is 129 Å². The lowest BCUT2D eigenvalue weighted by Gasteiger charge is -2.44. The number of hydrogen-bond donors (Lipinski definition) is 1. The van der Waals surface area contributed by atoms with Crippen LogP contribution in [0.4, 0.5) is 0 Å². The highest BCUT2D eigenvalue weighted by Crippen LogP contribution is 2.65. The number of halogens is 9. The summed E-state index contributed by atoms with van der Waals surface area (Å²) >= 11 is 54.4. The van der Waals surface area contributed by atoms with Crippen molar-refractivity contribution in [3.63, 3.8) is 0 Å². The van der Waals surface area contributed by atoms with Crippen LogP contribution in [0.1, 0.15) is 24.2 Å². The molecule has 0 spiro atoms. The van der Waals surface area contributed by atoms with E-state index in [4.69, 9.17) is 104 Å². The summed E-state index contributed by atoms with van der Waals surface area (Å²) in [5.74, 6) is 0. The molecule has 10 heteroatoms. The van der Waals surface area contributed by atoms with Gasteiger partial charge in [0.05, 0.1) is 6.10 Å². The maximum Gasteiger partial charge on any atom is 0.226 e. The van der Waals surface area contributed by atoms with Gasteiger partial charge in [-0.15, -0.1) is 0 Å². The molecule has 0 bridgehead atoms. The van der Waals surface area contributed by atoms with Gasteiger partial charge >= 0.3 is 0 Å². The van der Waals surface area contributed by atoms with Crippen molar-refractivity contribution < 1.29 is 5.11 Å². The molecular weight excluding hydrogens is 479 g/mol. The minimum Gasteiger partial charge on any atom is -0.389 e. The van der Waals surface area contributed by atoms with E-state index in [-0.39, 0.29) is 5.56 Å². The summed E-state index contributed by atoms with van der Waals surface area (Å²) in [6, 6.07) is 6.37. The molecule has 1 atom stereocenters. The molecule has 0 aromatic heterocycles. The summed E-state index contributed by atoms with van der Waals surface area (Å²) in [5, 5.41) is 9.85. The zero-order valence-electron chi connectivity index (χ0n) is 10.7. The number of aliphatic hydroxyl groups excluding tert-OH is 1. The zero-order chi connectivity index (χ0) is 17.6. The number of benzene rings is 1. The van der Waals surface area contributed by atoms with E-state index in [0.29, 0.717) is 5.56 Å². The first-order chi connectivity index (χ1) is 9.68. The largest absolute Gasteiger partial charge is 0.389 e. The first-order valence-corrected chi connectivity index (χ1v) is 9.05. The molecule has 1 rings (SSSR count). The Bertz CT molecular complexity index is 534. The molecule has 0 heterocycles. The summed E-state index contributed by atoms with van der Waals surface area (Å²) < 4.78 is -9.11. The topological polar surface area (TPSA) is 20.2 Å². The Hall–Kier alpha value is 1.79. The van der Waals surface area contributed by atoms with Crippen LogP contribution in [-0.4, -0.2) is 17.6 Å². The van der Waals surface area contributed by atoms with E-state index >= 15 is 0 Å². The Labute approximate surface area is 173 Å². The van der Waals surface area contributed by atoms with Crippen LogP contribution in [0.5, 0.6) is 0 Å². The molecule has 1 aromatic carbocycles. The number of hydrogen-bond acceptors (Lipinski definition) is 1. The normalized spacial score (nSPS) is 15.8. The average Bonchev–Trinajstić information content (AvgIpc) is 2.36. The van der Waals surface area contributed by atoms with Crippen molar-refractivity contribution in [2.75, 3.05) is 0 Å². The lowest BCUT2D eigenvalue weighted by molar-refractivity contribution is 0.197. The third-order valence-corrected chi connectivity index (χ3v) is 8.34. The Kier molecular flexibility index (Phi) is 7.14. The molecular formula is C12H9Cl9O. The molecule has 0 aliphatic carbocycles. The average molecular weight is 488 g/mol. The smallest absolute Gasteiger partial charge is 0.226 e. The molecule has 22 heavy (non-hydrogen) atoms. The first-order valence-electron chi connectivity index (χ1n) is 5.65. The number of rotatable bonds is 4. The lowest BCUT2D eigenvalue weighted by atomic mass is 9.97. The molecule has 0 radical (unpaired) electrons. The van der Waals surface area contributed by atoms with E-state index in [1.165, 1.54) is 13.0 Å². The highest BCUT2D eigenvalue weighted by atomic mass is 35.6. The van der Waals surface area contributed by atoms with Crippen LogP contribution in [0.3, 0.4) is 0 Å². The van der Waals surface area contributed by atoms with E-state index < -0.39 is 22.9 Å². The van der Waals surface area contributed by atoms with Crippen molar-refractivity contribution in [3.8, 4) is 0 Å². The molecule has 0 saturated heterocycles. The van der Waals surface area contributed by atoms with Crippen LogP contribution in [0.15, 0.2) is 24.3 Å². The Balaban J connectivity index is 3.53. The Morgan fingerprint density at radius 3 is 1.68 bits per heavy atom. The molecule has 126 valence electrons. The molecule has 0 amide bonds. The van der Waals surface area contributed by atoms with Crippen LogP contribution < -0.4 is 0 Å². The van der Waals surface area contributed by atoms with Crippen LogP contribution >= 0.6 is 104 Å². The molecule has 0 aliphatic heterocycles. The second kappa shape index (κ2) is 7.19. The van der Waals surface area contributed by atoms with Gasteiger partial charge in [-0.05, 0) is 18.1 Å². The fourth-order valence-corrected chi connectivity index (χ4v) is 4.00. The fraction of sp³-hybridized carbons (Fsp3) is 0.500. The summed E-state index contributed by atoms with van der Waals surface area (Å²) in [7, 11) is 0. The Morgan fingerprint density at radius 2 is 1.27 bits per heavy atom.